The van der Waals surface area contributed by atoms with Gasteiger partial charge in [0.05, 0.1) is 5.69 Å². The van der Waals surface area contributed by atoms with E-state index in [2.05, 4.69) is 45.0 Å². The minimum Gasteiger partial charge on any atom is -0.328 e. The van der Waals surface area contributed by atoms with Crippen LogP contribution < -0.4 is 5.73 Å². The standard InChI is InChI=1S/C15H18BrN3/c1-10-3-5-12(16)9-13(10)14-7-8-18-15(19-14)6-4-11(2)17/h3,5,7-9,11H,4,6,17H2,1-2H3. The maximum atomic E-state index is 5.77. The maximum absolute atomic E-state index is 5.77. The molecular weight excluding hydrogens is 302 g/mol. The lowest BCUT2D eigenvalue weighted by Gasteiger charge is -2.08. The van der Waals surface area contributed by atoms with E-state index in [4.69, 9.17) is 5.73 Å². The quantitative estimate of drug-likeness (QED) is 0.938. The second-order valence-corrected chi connectivity index (χ2v) is 5.75. The molecule has 0 bridgehead atoms. The molecule has 19 heavy (non-hydrogen) atoms. The Morgan fingerprint density at radius 1 is 1.32 bits per heavy atom. The Kier molecular flexibility index (Phi) is 4.66. The van der Waals surface area contributed by atoms with Gasteiger partial charge < -0.3 is 5.73 Å². The zero-order valence-corrected chi connectivity index (χ0v) is 12.8. The molecule has 2 N–H and O–H groups in total. The highest BCUT2D eigenvalue weighted by Crippen LogP contribution is 2.25. The van der Waals surface area contributed by atoms with Crippen molar-refractivity contribution in [3.05, 3.63) is 46.3 Å². The highest BCUT2D eigenvalue weighted by atomic mass is 79.9. The van der Waals surface area contributed by atoms with E-state index < -0.39 is 0 Å². The van der Waals surface area contributed by atoms with Crippen LogP contribution in [0.15, 0.2) is 34.9 Å². The smallest absolute Gasteiger partial charge is 0.129 e. The number of hydrogen-bond acceptors (Lipinski definition) is 3. The lowest BCUT2D eigenvalue weighted by atomic mass is 10.1. The second kappa shape index (κ2) is 6.26. The van der Waals surface area contributed by atoms with Crippen LogP contribution in [0.5, 0.6) is 0 Å². The van der Waals surface area contributed by atoms with E-state index in [0.717, 1.165) is 34.4 Å². The van der Waals surface area contributed by atoms with Gasteiger partial charge in [-0.2, -0.15) is 0 Å². The van der Waals surface area contributed by atoms with E-state index in [0.29, 0.717) is 0 Å². The van der Waals surface area contributed by atoms with E-state index in [-0.39, 0.29) is 6.04 Å². The number of nitrogens with zero attached hydrogens (tertiary/aromatic N) is 2. The van der Waals surface area contributed by atoms with Crippen molar-refractivity contribution < 1.29 is 0 Å². The molecule has 1 atom stereocenters. The van der Waals surface area contributed by atoms with Gasteiger partial charge in [-0.25, -0.2) is 9.97 Å². The van der Waals surface area contributed by atoms with E-state index in [1.807, 2.05) is 25.3 Å². The van der Waals surface area contributed by atoms with Crippen LogP contribution in [0.2, 0.25) is 0 Å². The third-order valence-electron chi connectivity index (χ3n) is 3.00. The first-order chi connectivity index (χ1) is 9.06. The van der Waals surface area contributed by atoms with Crippen LogP contribution in [0, 0.1) is 6.92 Å². The summed E-state index contributed by atoms with van der Waals surface area (Å²) in [6, 6.07) is 8.34. The first-order valence-corrected chi connectivity index (χ1v) is 7.19. The highest BCUT2D eigenvalue weighted by molar-refractivity contribution is 9.10. The summed E-state index contributed by atoms with van der Waals surface area (Å²) in [5.74, 6) is 0.856. The van der Waals surface area contributed by atoms with Gasteiger partial charge in [0.1, 0.15) is 5.82 Å². The second-order valence-electron chi connectivity index (χ2n) is 4.83. The van der Waals surface area contributed by atoms with Crippen molar-refractivity contribution in [3.63, 3.8) is 0 Å². The average Bonchev–Trinajstić information content (AvgIpc) is 2.39. The number of nitrogens with two attached hydrogens (primary N) is 1. The molecule has 0 saturated carbocycles. The average molecular weight is 320 g/mol. The minimum atomic E-state index is 0.180. The van der Waals surface area contributed by atoms with E-state index in [1.165, 1.54) is 5.56 Å². The number of aromatic nitrogens is 2. The zero-order chi connectivity index (χ0) is 13.8. The Balaban J connectivity index is 2.29. The molecule has 1 heterocycles. The number of benzene rings is 1. The Labute approximate surface area is 122 Å². The van der Waals surface area contributed by atoms with Crippen LogP contribution in [-0.4, -0.2) is 16.0 Å². The monoisotopic (exact) mass is 319 g/mol. The topological polar surface area (TPSA) is 51.8 Å². The molecule has 1 unspecified atom stereocenters. The fourth-order valence-corrected chi connectivity index (χ4v) is 2.26. The van der Waals surface area contributed by atoms with E-state index in [1.54, 1.807) is 0 Å². The minimum absolute atomic E-state index is 0.180. The molecule has 2 aromatic rings. The molecule has 4 heteroatoms. The molecule has 0 spiro atoms. The molecule has 0 aliphatic rings. The summed E-state index contributed by atoms with van der Waals surface area (Å²) in [5.41, 5.74) is 9.08. The molecule has 100 valence electrons. The predicted octanol–water partition coefficient (Wildman–Crippen LogP) is 3.49. The van der Waals surface area contributed by atoms with Crippen molar-refractivity contribution in [2.24, 2.45) is 5.73 Å². The Bertz CT molecular complexity index is 567. The zero-order valence-electron chi connectivity index (χ0n) is 11.2. The fourth-order valence-electron chi connectivity index (χ4n) is 1.90. The number of rotatable bonds is 4. The van der Waals surface area contributed by atoms with Gasteiger partial charge in [0.25, 0.3) is 0 Å². The van der Waals surface area contributed by atoms with Crippen molar-refractivity contribution in [1.29, 1.82) is 0 Å². The largest absolute Gasteiger partial charge is 0.328 e. The van der Waals surface area contributed by atoms with Gasteiger partial charge in [-0.15, -0.1) is 0 Å². The molecule has 1 aromatic carbocycles. The summed E-state index contributed by atoms with van der Waals surface area (Å²) in [5, 5.41) is 0. The molecule has 2 rings (SSSR count). The normalized spacial score (nSPS) is 12.4. The maximum Gasteiger partial charge on any atom is 0.129 e. The van der Waals surface area contributed by atoms with Crippen molar-refractivity contribution in [2.75, 3.05) is 0 Å². The predicted molar refractivity (Wildman–Crippen MR) is 81.9 cm³/mol. The molecule has 0 radical (unpaired) electrons. The van der Waals surface area contributed by atoms with Gasteiger partial charge in [-0.1, -0.05) is 22.0 Å². The number of aryl methyl sites for hydroxylation is 2. The molecule has 0 fully saturated rings. The van der Waals surface area contributed by atoms with Crippen LogP contribution in [-0.2, 0) is 6.42 Å². The molecule has 0 aliphatic carbocycles. The number of halogens is 1. The summed E-state index contributed by atoms with van der Waals surface area (Å²) in [4.78, 5) is 8.94. The van der Waals surface area contributed by atoms with Gasteiger partial charge in [0, 0.05) is 28.7 Å². The first kappa shape index (κ1) is 14.2. The van der Waals surface area contributed by atoms with Crippen LogP contribution >= 0.6 is 15.9 Å². The summed E-state index contributed by atoms with van der Waals surface area (Å²) >= 11 is 3.50. The van der Waals surface area contributed by atoms with Crippen molar-refractivity contribution in [1.82, 2.24) is 9.97 Å². The summed E-state index contributed by atoms with van der Waals surface area (Å²) < 4.78 is 1.06. The van der Waals surface area contributed by atoms with Crippen LogP contribution in [0.1, 0.15) is 24.7 Å². The highest BCUT2D eigenvalue weighted by Gasteiger charge is 2.06. The Hall–Kier alpha value is -1.26. The first-order valence-electron chi connectivity index (χ1n) is 6.40. The molecule has 3 nitrogen and oxygen atoms in total. The SMILES string of the molecule is Cc1ccc(Br)cc1-c1ccnc(CCC(C)N)n1. The summed E-state index contributed by atoms with van der Waals surface area (Å²) in [7, 11) is 0. The van der Waals surface area contributed by atoms with Gasteiger partial charge in [-0.3, -0.25) is 0 Å². The van der Waals surface area contributed by atoms with Crippen LogP contribution in [0.25, 0.3) is 11.3 Å². The third-order valence-corrected chi connectivity index (χ3v) is 3.50. The lowest BCUT2D eigenvalue weighted by Crippen LogP contribution is -2.16. The van der Waals surface area contributed by atoms with E-state index in [9.17, 15) is 0 Å². The fraction of sp³-hybridized carbons (Fsp3) is 0.333. The summed E-state index contributed by atoms with van der Waals surface area (Å²) in [6.07, 6.45) is 3.54. The van der Waals surface area contributed by atoms with Crippen LogP contribution in [0.3, 0.4) is 0 Å². The molecular formula is C15H18BrN3. The van der Waals surface area contributed by atoms with Gasteiger partial charge in [0.2, 0.25) is 0 Å². The van der Waals surface area contributed by atoms with Gasteiger partial charge >= 0.3 is 0 Å². The van der Waals surface area contributed by atoms with Gasteiger partial charge in [-0.05, 0) is 44.0 Å². The number of hydrogen-bond donors (Lipinski definition) is 1. The van der Waals surface area contributed by atoms with Crippen LogP contribution in [0.4, 0.5) is 0 Å². The van der Waals surface area contributed by atoms with Gasteiger partial charge in [0.15, 0.2) is 0 Å². The summed E-state index contributed by atoms with van der Waals surface area (Å²) in [6.45, 7) is 4.09. The molecule has 0 saturated heterocycles. The Morgan fingerprint density at radius 2 is 2.11 bits per heavy atom. The lowest BCUT2D eigenvalue weighted by molar-refractivity contribution is 0.648. The van der Waals surface area contributed by atoms with Crippen molar-refractivity contribution in [2.45, 2.75) is 32.7 Å². The van der Waals surface area contributed by atoms with Crippen molar-refractivity contribution in [3.8, 4) is 11.3 Å². The molecule has 0 amide bonds. The molecule has 0 aliphatic heterocycles. The van der Waals surface area contributed by atoms with E-state index >= 15 is 0 Å². The third kappa shape index (κ3) is 3.85. The Morgan fingerprint density at radius 3 is 2.84 bits per heavy atom. The van der Waals surface area contributed by atoms with Crippen molar-refractivity contribution >= 4 is 15.9 Å². The molecule has 1 aromatic heterocycles.